The zero-order valence-electron chi connectivity index (χ0n) is 13.7. The van der Waals surface area contributed by atoms with Gasteiger partial charge in [-0.1, -0.05) is 97.1 Å². The standard InChI is InChI=1S/C24H20/c1-3-11-19(12-4-1)21-15-7-9-17-23(21)24-18-10-8-16-22(24)20-13-5-2-6-14-20/h1-5,7-13,15-18H,6,14H2. The molecule has 0 bridgehead atoms. The summed E-state index contributed by atoms with van der Waals surface area (Å²) in [5.41, 5.74) is 7.95. The maximum absolute atomic E-state index is 2.26. The Hall–Kier alpha value is -2.86. The summed E-state index contributed by atoms with van der Waals surface area (Å²) in [5.74, 6) is 0. The van der Waals surface area contributed by atoms with Gasteiger partial charge in [0.15, 0.2) is 0 Å². The van der Waals surface area contributed by atoms with E-state index >= 15 is 0 Å². The maximum Gasteiger partial charge on any atom is -0.00993 e. The number of rotatable bonds is 3. The summed E-state index contributed by atoms with van der Waals surface area (Å²) < 4.78 is 0. The van der Waals surface area contributed by atoms with Crippen LogP contribution < -0.4 is 0 Å². The lowest BCUT2D eigenvalue weighted by Gasteiger charge is -2.17. The van der Waals surface area contributed by atoms with Crippen molar-refractivity contribution in [2.45, 2.75) is 12.8 Å². The summed E-state index contributed by atoms with van der Waals surface area (Å²) in [5, 5.41) is 0. The van der Waals surface area contributed by atoms with Crippen molar-refractivity contribution >= 4 is 5.57 Å². The Balaban J connectivity index is 1.90. The van der Waals surface area contributed by atoms with E-state index in [1.54, 1.807) is 0 Å². The highest BCUT2D eigenvalue weighted by atomic mass is 14.2. The van der Waals surface area contributed by atoms with Crippen LogP contribution in [0.1, 0.15) is 18.4 Å². The van der Waals surface area contributed by atoms with Gasteiger partial charge in [0, 0.05) is 0 Å². The molecule has 0 nitrogen and oxygen atoms in total. The smallest absolute Gasteiger partial charge is 0.00993 e. The molecule has 0 atom stereocenters. The van der Waals surface area contributed by atoms with Gasteiger partial charge in [0.1, 0.15) is 0 Å². The van der Waals surface area contributed by atoms with Crippen molar-refractivity contribution in [2.75, 3.05) is 0 Å². The average molecular weight is 308 g/mol. The van der Waals surface area contributed by atoms with E-state index in [9.17, 15) is 0 Å². The molecule has 0 saturated carbocycles. The SMILES string of the molecule is C1=CCCC(c2ccccc2-c2ccccc2-c2ccccc2)=C1. The molecule has 0 heterocycles. The molecule has 0 radical (unpaired) electrons. The Morgan fingerprint density at radius 2 is 1.12 bits per heavy atom. The number of hydrogen-bond donors (Lipinski definition) is 0. The first-order valence-corrected chi connectivity index (χ1v) is 8.53. The summed E-state index contributed by atoms with van der Waals surface area (Å²) in [4.78, 5) is 0. The van der Waals surface area contributed by atoms with Crippen molar-refractivity contribution in [2.24, 2.45) is 0 Å². The topological polar surface area (TPSA) is 0 Å². The average Bonchev–Trinajstić information content (AvgIpc) is 2.69. The van der Waals surface area contributed by atoms with Gasteiger partial charge in [0.05, 0.1) is 0 Å². The second kappa shape index (κ2) is 6.72. The first-order valence-electron chi connectivity index (χ1n) is 8.53. The third-order valence-electron chi connectivity index (χ3n) is 4.59. The molecule has 0 aromatic heterocycles. The van der Waals surface area contributed by atoms with Gasteiger partial charge in [-0.15, -0.1) is 0 Å². The summed E-state index contributed by atoms with van der Waals surface area (Å²) in [6.07, 6.45) is 8.91. The molecule has 0 unspecified atom stereocenters. The van der Waals surface area contributed by atoms with Gasteiger partial charge in [-0.3, -0.25) is 0 Å². The molecule has 0 amide bonds. The van der Waals surface area contributed by atoms with Crippen LogP contribution in [0, 0.1) is 0 Å². The molecule has 1 aliphatic rings. The number of hydrogen-bond acceptors (Lipinski definition) is 0. The van der Waals surface area contributed by atoms with Crippen molar-refractivity contribution in [1.29, 1.82) is 0 Å². The van der Waals surface area contributed by atoms with E-state index in [1.165, 1.54) is 33.4 Å². The van der Waals surface area contributed by atoms with E-state index in [4.69, 9.17) is 0 Å². The van der Waals surface area contributed by atoms with E-state index in [0.717, 1.165) is 12.8 Å². The fourth-order valence-corrected chi connectivity index (χ4v) is 3.41. The van der Waals surface area contributed by atoms with Crippen LogP contribution >= 0.6 is 0 Å². The van der Waals surface area contributed by atoms with Gasteiger partial charge in [-0.25, -0.2) is 0 Å². The molecule has 3 aromatic rings. The normalized spacial score (nSPS) is 13.6. The minimum absolute atomic E-state index is 1.11. The molecule has 0 saturated heterocycles. The van der Waals surface area contributed by atoms with Gasteiger partial charge in [0.25, 0.3) is 0 Å². The zero-order valence-corrected chi connectivity index (χ0v) is 13.7. The summed E-state index contributed by atoms with van der Waals surface area (Å²) in [6, 6.07) is 28.1. The minimum atomic E-state index is 1.11. The monoisotopic (exact) mass is 308 g/mol. The van der Waals surface area contributed by atoms with Crippen molar-refractivity contribution in [3.63, 3.8) is 0 Å². The lowest BCUT2D eigenvalue weighted by atomic mass is 9.87. The third kappa shape index (κ3) is 2.83. The first-order chi connectivity index (χ1) is 11.9. The van der Waals surface area contributed by atoms with Crippen molar-refractivity contribution in [1.82, 2.24) is 0 Å². The summed E-state index contributed by atoms with van der Waals surface area (Å²) in [6.45, 7) is 0. The molecule has 1 aliphatic carbocycles. The molecule has 0 fully saturated rings. The maximum atomic E-state index is 2.26. The second-order valence-corrected chi connectivity index (χ2v) is 6.12. The van der Waals surface area contributed by atoms with Crippen LogP contribution in [0.15, 0.2) is 97.1 Å². The van der Waals surface area contributed by atoms with Gasteiger partial charge < -0.3 is 0 Å². The second-order valence-electron chi connectivity index (χ2n) is 6.12. The van der Waals surface area contributed by atoms with E-state index < -0.39 is 0 Å². The van der Waals surface area contributed by atoms with Crippen LogP contribution in [-0.2, 0) is 0 Å². The highest BCUT2D eigenvalue weighted by Crippen LogP contribution is 2.37. The zero-order chi connectivity index (χ0) is 16.2. The molecular formula is C24H20. The molecule has 0 heteroatoms. The lowest BCUT2D eigenvalue weighted by molar-refractivity contribution is 1.05. The quantitative estimate of drug-likeness (QED) is 0.502. The Morgan fingerprint density at radius 3 is 1.79 bits per heavy atom. The Morgan fingerprint density at radius 1 is 0.542 bits per heavy atom. The Kier molecular flexibility index (Phi) is 4.12. The van der Waals surface area contributed by atoms with Crippen LogP contribution in [0.5, 0.6) is 0 Å². The predicted molar refractivity (Wildman–Crippen MR) is 104 cm³/mol. The summed E-state index contributed by atoms with van der Waals surface area (Å²) in [7, 11) is 0. The minimum Gasteiger partial charge on any atom is -0.0842 e. The van der Waals surface area contributed by atoms with Crippen molar-refractivity contribution in [3.8, 4) is 22.3 Å². The fourth-order valence-electron chi connectivity index (χ4n) is 3.41. The van der Waals surface area contributed by atoms with Crippen LogP contribution in [0.25, 0.3) is 27.8 Å². The molecular weight excluding hydrogens is 288 g/mol. The lowest BCUT2D eigenvalue weighted by Crippen LogP contribution is -1.93. The van der Waals surface area contributed by atoms with Gasteiger partial charge in [0.2, 0.25) is 0 Å². The van der Waals surface area contributed by atoms with Gasteiger partial charge in [-0.2, -0.15) is 0 Å². The third-order valence-corrected chi connectivity index (χ3v) is 4.59. The molecule has 0 N–H and O–H groups in total. The Labute approximate surface area is 143 Å². The number of benzene rings is 3. The van der Waals surface area contributed by atoms with Crippen LogP contribution in [-0.4, -0.2) is 0 Å². The first kappa shape index (κ1) is 14.7. The van der Waals surface area contributed by atoms with E-state index in [0.29, 0.717) is 0 Å². The largest absolute Gasteiger partial charge is 0.0842 e. The Bertz CT molecular complexity index is 898. The molecule has 4 rings (SSSR count). The van der Waals surface area contributed by atoms with E-state index in [2.05, 4.69) is 97.1 Å². The van der Waals surface area contributed by atoms with Gasteiger partial charge in [-0.05, 0) is 46.2 Å². The molecule has 0 aliphatic heterocycles. The predicted octanol–water partition coefficient (Wildman–Crippen LogP) is 6.75. The highest BCUT2D eigenvalue weighted by Gasteiger charge is 2.13. The van der Waals surface area contributed by atoms with Gasteiger partial charge >= 0.3 is 0 Å². The van der Waals surface area contributed by atoms with Crippen molar-refractivity contribution < 1.29 is 0 Å². The van der Waals surface area contributed by atoms with E-state index in [1.807, 2.05) is 0 Å². The number of allylic oxidation sites excluding steroid dienone is 4. The molecule has 24 heavy (non-hydrogen) atoms. The van der Waals surface area contributed by atoms with Crippen LogP contribution in [0.2, 0.25) is 0 Å². The molecule has 0 spiro atoms. The van der Waals surface area contributed by atoms with E-state index in [-0.39, 0.29) is 0 Å². The van der Waals surface area contributed by atoms with Crippen molar-refractivity contribution in [3.05, 3.63) is 103 Å². The summed E-state index contributed by atoms with van der Waals surface area (Å²) >= 11 is 0. The van der Waals surface area contributed by atoms with Crippen LogP contribution in [0.4, 0.5) is 0 Å². The highest BCUT2D eigenvalue weighted by molar-refractivity contribution is 5.90. The van der Waals surface area contributed by atoms with Crippen LogP contribution in [0.3, 0.4) is 0 Å². The fraction of sp³-hybridized carbons (Fsp3) is 0.0833. The molecule has 3 aromatic carbocycles. The molecule has 116 valence electrons.